The lowest BCUT2D eigenvalue weighted by atomic mass is 10.2. The van der Waals surface area contributed by atoms with E-state index < -0.39 is 22.0 Å². The van der Waals surface area contributed by atoms with E-state index in [0.717, 1.165) is 10.6 Å². The van der Waals surface area contributed by atoms with Crippen LogP contribution in [0.2, 0.25) is 5.02 Å². The number of ether oxygens (including phenoxy) is 2. The summed E-state index contributed by atoms with van der Waals surface area (Å²) in [5, 5.41) is 3.24. The summed E-state index contributed by atoms with van der Waals surface area (Å²) in [6, 6.07) is 8.74. The lowest BCUT2D eigenvalue weighted by Crippen LogP contribution is -2.45. The van der Waals surface area contributed by atoms with Gasteiger partial charge >= 0.3 is 0 Å². The minimum Gasteiger partial charge on any atom is -0.493 e. The molecule has 28 heavy (non-hydrogen) atoms. The molecule has 1 N–H and O–H groups in total. The first-order chi connectivity index (χ1) is 13.1. The topological polar surface area (TPSA) is 84.9 Å². The Morgan fingerprint density at radius 1 is 1.14 bits per heavy atom. The molecule has 0 fully saturated rings. The van der Waals surface area contributed by atoms with Crippen LogP contribution in [-0.2, 0) is 14.8 Å². The molecule has 0 spiro atoms. The van der Waals surface area contributed by atoms with Gasteiger partial charge in [0.15, 0.2) is 11.5 Å². The summed E-state index contributed by atoms with van der Waals surface area (Å²) in [5.74, 6) is 0.309. The molecular weight excluding hydrogens is 404 g/mol. The Hall–Kier alpha value is -2.45. The number of halogens is 1. The van der Waals surface area contributed by atoms with E-state index in [2.05, 4.69) is 5.32 Å². The van der Waals surface area contributed by atoms with E-state index in [4.69, 9.17) is 21.1 Å². The maximum atomic E-state index is 12.8. The molecule has 152 valence electrons. The molecule has 9 heteroatoms. The van der Waals surface area contributed by atoms with Crippen molar-refractivity contribution in [2.45, 2.75) is 19.9 Å². The minimum atomic E-state index is -3.77. The molecule has 0 heterocycles. The smallest absolute Gasteiger partial charge is 0.248 e. The highest BCUT2D eigenvalue weighted by Crippen LogP contribution is 2.33. The van der Waals surface area contributed by atoms with Crippen LogP contribution in [0.3, 0.4) is 0 Å². The van der Waals surface area contributed by atoms with E-state index >= 15 is 0 Å². The lowest BCUT2D eigenvalue weighted by molar-refractivity contribution is -0.116. The number of carbonyl (C=O) groups excluding carboxylic acids is 1. The molecule has 0 aliphatic carbocycles. The summed E-state index contributed by atoms with van der Waals surface area (Å²) in [6.45, 7) is 3.28. The van der Waals surface area contributed by atoms with Crippen molar-refractivity contribution in [2.75, 3.05) is 30.1 Å². The number of hydrogen-bond acceptors (Lipinski definition) is 5. The summed E-state index contributed by atoms with van der Waals surface area (Å²) in [4.78, 5) is 12.8. The summed E-state index contributed by atoms with van der Waals surface area (Å²) in [6.07, 6.45) is 1.04. The van der Waals surface area contributed by atoms with Gasteiger partial charge in [0.1, 0.15) is 6.04 Å². The number of amides is 1. The first kappa shape index (κ1) is 21.8. The lowest BCUT2D eigenvalue weighted by Gasteiger charge is -2.29. The van der Waals surface area contributed by atoms with Crippen LogP contribution in [0, 0.1) is 6.92 Å². The SMILES string of the molecule is COc1ccc(N(C(C)C(=O)Nc2cccc(Cl)c2C)S(C)(=O)=O)cc1OC. The number of benzene rings is 2. The van der Waals surface area contributed by atoms with Crippen molar-refractivity contribution in [1.82, 2.24) is 0 Å². The molecule has 2 aromatic rings. The fourth-order valence-corrected chi connectivity index (χ4v) is 4.09. The zero-order chi connectivity index (χ0) is 21.1. The monoisotopic (exact) mass is 426 g/mol. The number of nitrogens with zero attached hydrogens (tertiary/aromatic N) is 1. The number of hydrogen-bond donors (Lipinski definition) is 1. The second-order valence-electron chi connectivity index (χ2n) is 6.18. The third-order valence-electron chi connectivity index (χ3n) is 4.24. The van der Waals surface area contributed by atoms with Crippen LogP contribution >= 0.6 is 11.6 Å². The van der Waals surface area contributed by atoms with Crippen LogP contribution in [0.25, 0.3) is 0 Å². The van der Waals surface area contributed by atoms with Crippen LogP contribution < -0.4 is 19.1 Å². The number of rotatable bonds is 7. The van der Waals surface area contributed by atoms with Gasteiger partial charge in [0, 0.05) is 16.8 Å². The second kappa shape index (κ2) is 8.70. The van der Waals surface area contributed by atoms with E-state index in [-0.39, 0.29) is 5.69 Å². The molecule has 7 nitrogen and oxygen atoms in total. The molecule has 0 aliphatic heterocycles. The Bertz CT molecular complexity index is 978. The fourth-order valence-electron chi connectivity index (χ4n) is 2.75. The number of sulfonamides is 1. The summed E-state index contributed by atoms with van der Waals surface area (Å²) in [7, 11) is -0.837. The number of anilines is 2. The van der Waals surface area contributed by atoms with Gasteiger partial charge in [-0.1, -0.05) is 17.7 Å². The number of nitrogens with one attached hydrogen (secondary N) is 1. The van der Waals surface area contributed by atoms with Gasteiger partial charge in [-0.25, -0.2) is 8.42 Å². The van der Waals surface area contributed by atoms with Crippen LogP contribution in [0.1, 0.15) is 12.5 Å². The van der Waals surface area contributed by atoms with Gasteiger partial charge in [-0.3, -0.25) is 9.10 Å². The zero-order valence-corrected chi connectivity index (χ0v) is 17.9. The van der Waals surface area contributed by atoms with Gasteiger partial charge in [-0.2, -0.15) is 0 Å². The third kappa shape index (κ3) is 4.69. The van der Waals surface area contributed by atoms with Crippen LogP contribution in [0.15, 0.2) is 36.4 Å². The van der Waals surface area contributed by atoms with Gasteiger partial charge in [-0.05, 0) is 43.7 Å². The third-order valence-corrected chi connectivity index (χ3v) is 5.89. The minimum absolute atomic E-state index is 0.283. The van der Waals surface area contributed by atoms with Crippen LogP contribution in [-0.4, -0.2) is 40.8 Å². The highest BCUT2D eigenvalue weighted by atomic mass is 35.5. The Kier molecular flexibility index (Phi) is 6.79. The second-order valence-corrected chi connectivity index (χ2v) is 8.44. The molecule has 2 aromatic carbocycles. The van der Waals surface area contributed by atoms with Gasteiger partial charge in [0.2, 0.25) is 15.9 Å². The van der Waals surface area contributed by atoms with Crippen molar-refractivity contribution in [3.63, 3.8) is 0 Å². The molecule has 2 rings (SSSR count). The molecule has 1 unspecified atom stereocenters. The molecule has 0 saturated carbocycles. The van der Waals surface area contributed by atoms with Crippen LogP contribution in [0.5, 0.6) is 11.5 Å². The van der Waals surface area contributed by atoms with E-state index in [1.54, 1.807) is 37.3 Å². The van der Waals surface area contributed by atoms with Crippen molar-refractivity contribution in [3.8, 4) is 11.5 Å². The normalized spacial score (nSPS) is 12.2. The first-order valence-corrected chi connectivity index (χ1v) is 10.6. The molecule has 1 amide bonds. The summed E-state index contributed by atoms with van der Waals surface area (Å²) in [5.41, 5.74) is 1.50. The maximum absolute atomic E-state index is 12.8. The van der Waals surface area contributed by atoms with Gasteiger partial charge in [-0.15, -0.1) is 0 Å². The highest BCUT2D eigenvalue weighted by Gasteiger charge is 2.30. The average molecular weight is 427 g/mol. The molecule has 0 radical (unpaired) electrons. The average Bonchev–Trinajstić information content (AvgIpc) is 2.64. The van der Waals surface area contributed by atoms with E-state index in [0.29, 0.717) is 27.8 Å². The van der Waals surface area contributed by atoms with Gasteiger partial charge in [0.05, 0.1) is 26.2 Å². The first-order valence-electron chi connectivity index (χ1n) is 8.37. The van der Waals surface area contributed by atoms with Crippen LogP contribution in [0.4, 0.5) is 11.4 Å². The summed E-state index contributed by atoms with van der Waals surface area (Å²) < 4.78 is 36.4. The predicted octanol–water partition coefficient (Wildman–Crippen LogP) is 3.46. The molecule has 0 bridgehead atoms. The highest BCUT2D eigenvalue weighted by molar-refractivity contribution is 7.92. The van der Waals surface area contributed by atoms with E-state index in [1.807, 2.05) is 0 Å². The van der Waals surface area contributed by atoms with Crippen molar-refractivity contribution in [2.24, 2.45) is 0 Å². The standard InChI is InChI=1S/C19H23ClN2O5S/c1-12-15(20)7-6-8-16(12)21-19(23)13(2)22(28(5,24)25)14-9-10-17(26-3)18(11-14)27-4/h6-11,13H,1-5H3,(H,21,23). The zero-order valence-electron chi connectivity index (χ0n) is 16.3. The molecule has 0 aliphatic rings. The maximum Gasteiger partial charge on any atom is 0.248 e. The Morgan fingerprint density at radius 3 is 2.36 bits per heavy atom. The van der Waals surface area contributed by atoms with Crippen molar-refractivity contribution in [3.05, 3.63) is 47.0 Å². The van der Waals surface area contributed by atoms with Crippen molar-refractivity contribution >= 4 is 38.9 Å². The van der Waals surface area contributed by atoms with E-state index in [9.17, 15) is 13.2 Å². The molecule has 0 aromatic heterocycles. The van der Waals surface area contributed by atoms with Crippen molar-refractivity contribution in [1.29, 1.82) is 0 Å². The Balaban J connectivity index is 2.40. The largest absolute Gasteiger partial charge is 0.493 e. The predicted molar refractivity (Wildman–Crippen MR) is 111 cm³/mol. The quantitative estimate of drug-likeness (QED) is 0.732. The molecule has 1 atom stereocenters. The van der Waals surface area contributed by atoms with Gasteiger partial charge < -0.3 is 14.8 Å². The van der Waals surface area contributed by atoms with Gasteiger partial charge in [0.25, 0.3) is 0 Å². The number of carbonyl (C=O) groups is 1. The van der Waals surface area contributed by atoms with Crippen molar-refractivity contribution < 1.29 is 22.7 Å². The number of methoxy groups -OCH3 is 2. The Labute approximate surface area is 170 Å². The molecular formula is C19H23ClN2O5S. The Morgan fingerprint density at radius 2 is 1.79 bits per heavy atom. The molecule has 0 saturated heterocycles. The summed E-state index contributed by atoms with van der Waals surface area (Å²) >= 11 is 6.09. The van der Waals surface area contributed by atoms with E-state index in [1.165, 1.54) is 27.2 Å². The fraction of sp³-hybridized carbons (Fsp3) is 0.316.